The number of hydrogen-bond acceptors (Lipinski definition) is 3. The zero-order valence-electron chi connectivity index (χ0n) is 11.1. The van der Waals surface area contributed by atoms with Crippen molar-refractivity contribution in [3.05, 3.63) is 77.2 Å². The lowest BCUT2D eigenvalue weighted by Crippen LogP contribution is -2.00. The first-order valence-corrected chi connectivity index (χ1v) is 7.32. The van der Waals surface area contributed by atoms with Crippen LogP contribution in [-0.4, -0.2) is 10.8 Å². The Morgan fingerprint density at radius 3 is 2.43 bits per heavy atom. The van der Waals surface area contributed by atoms with Crippen molar-refractivity contribution in [1.29, 1.82) is 0 Å². The molecule has 0 unspecified atom stereocenters. The highest BCUT2D eigenvalue weighted by molar-refractivity contribution is 7.17. The average molecular weight is 297 g/mol. The third-order valence-corrected chi connectivity index (χ3v) is 4.30. The van der Waals surface area contributed by atoms with Crippen molar-refractivity contribution < 1.29 is 9.18 Å². The first kappa shape index (κ1) is 13.6. The second-order valence-corrected chi connectivity index (χ2v) is 5.71. The lowest BCUT2D eigenvalue weighted by atomic mass is 10.1. The van der Waals surface area contributed by atoms with Crippen LogP contribution >= 0.6 is 11.3 Å². The standard InChI is InChI=1S/C17H12FNOS/c18-14-3-1-13(2-4-14)16-5-6-17(21-16)15(20)11-12-7-9-19-10-8-12/h1-10H,11H2. The normalized spacial score (nSPS) is 10.5. The molecule has 0 saturated carbocycles. The van der Waals surface area contributed by atoms with E-state index in [1.165, 1.54) is 23.5 Å². The molecular formula is C17H12FNOS. The molecule has 0 aliphatic heterocycles. The van der Waals surface area contributed by atoms with Gasteiger partial charge >= 0.3 is 0 Å². The summed E-state index contributed by atoms with van der Waals surface area (Å²) in [7, 11) is 0. The average Bonchev–Trinajstić information content (AvgIpc) is 2.99. The summed E-state index contributed by atoms with van der Waals surface area (Å²) >= 11 is 1.43. The van der Waals surface area contributed by atoms with Gasteiger partial charge in [-0.05, 0) is 47.5 Å². The van der Waals surface area contributed by atoms with Crippen molar-refractivity contribution in [3.8, 4) is 10.4 Å². The highest BCUT2D eigenvalue weighted by Gasteiger charge is 2.11. The van der Waals surface area contributed by atoms with Crippen LogP contribution < -0.4 is 0 Å². The van der Waals surface area contributed by atoms with Gasteiger partial charge in [0.05, 0.1) is 4.88 Å². The fourth-order valence-electron chi connectivity index (χ4n) is 2.03. The van der Waals surface area contributed by atoms with Crippen LogP contribution in [0.4, 0.5) is 4.39 Å². The predicted octanol–water partition coefficient (Wildman–Crippen LogP) is 4.37. The van der Waals surface area contributed by atoms with Gasteiger partial charge in [0.15, 0.2) is 5.78 Å². The van der Waals surface area contributed by atoms with Crippen LogP contribution in [-0.2, 0) is 6.42 Å². The second-order valence-electron chi connectivity index (χ2n) is 4.63. The molecule has 0 N–H and O–H groups in total. The van der Waals surface area contributed by atoms with Gasteiger partial charge in [0, 0.05) is 23.7 Å². The van der Waals surface area contributed by atoms with Crippen LogP contribution in [0.15, 0.2) is 60.9 Å². The quantitative estimate of drug-likeness (QED) is 0.669. The van der Waals surface area contributed by atoms with E-state index in [4.69, 9.17) is 0 Å². The van der Waals surface area contributed by atoms with E-state index in [1.54, 1.807) is 24.5 Å². The van der Waals surface area contributed by atoms with Crippen LogP contribution in [0.1, 0.15) is 15.2 Å². The predicted molar refractivity (Wildman–Crippen MR) is 82.0 cm³/mol. The smallest absolute Gasteiger partial charge is 0.177 e. The lowest BCUT2D eigenvalue weighted by molar-refractivity contribution is 0.0997. The Bertz CT molecular complexity index is 750. The fourth-order valence-corrected chi connectivity index (χ4v) is 2.98. The van der Waals surface area contributed by atoms with Crippen LogP contribution in [0.2, 0.25) is 0 Å². The second kappa shape index (κ2) is 5.97. The summed E-state index contributed by atoms with van der Waals surface area (Å²) < 4.78 is 12.9. The Labute approximate surface area is 125 Å². The SMILES string of the molecule is O=C(Cc1ccncc1)c1ccc(-c2ccc(F)cc2)s1. The molecule has 0 aliphatic carbocycles. The number of carbonyl (C=O) groups excluding carboxylic acids is 1. The van der Waals surface area contributed by atoms with E-state index in [9.17, 15) is 9.18 Å². The molecule has 0 saturated heterocycles. The van der Waals surface area contributed by atoms with E-state index in [2.05, 4.69) is 4.98 Å². The van der Waals surface area contributed by atoms with E-state index >= 15 is 0 Å². The van der Waals surface area contributed by atoms with Crippen LogP contribution in [0.3, 0.4) is 0 Å². The Kier molecular flexibility index (Phi) is 3.88. The van der Waals surface area contributed by atoms with Gasteiger partial charge in [0.25, 0.3) is 0 Å². The maximum Gasteiger partial charge on any atom is 0.177 e. The molecular weight excluding hydrogens is 285 g/mol. The molecule has 104 valence electrons. The van der Waals surface area contributed by atoms with Gasteiger partial charge in [0.2, 0.25) is 0 Å². The van der Waals surface area contributed by atoms with E-state index in [0.29, 0.717) is 11.3 Å². The van der Waals surface area contributed by atoms with Crippen molar-refractivity contribution in [2.75, 3.05) is 0 Å². The molecule has 0 atom stereocenters. The highest BCUT2D eigenvalue weighted by Crippen LogP contribution is 2.29. The summed E-state index contributed by atoms with van der Waals surface area (Å²) in [5.41, 5.74) is 1.87. The van der Waals surface area contributed by atoms with Gasteiger partial charge in [0.1, 0.15) is 5.82 Å². The molecule has 0 aliphatic rings. The Hall–Kier alpha value is -2.33. The minimum absolute atomic E-state index is 0.0829. The molecule has 3 rings (SSSR count). The van der Waals surface area contributed by atoms with Gasteiger partial charge in [-0.3, -0.25) is 9.78 Å². The minimum atomic E-state index is -0.260. The van der Waals surface area contributed by atoms with E-state index in [-0.39, 0.29) is 11.6 Å². The van der Waals surface area contributed by atoms with Crippen molar-refractivity contribution in [3.63, 3.8) is 0 Å². The Balaban J connectivity index is 1.78. The van der Waals surface area contributed by atoms with Crippen molar-refractivity contribution in [1.82, 2.24) is 4.98 Å². The lowest BCUT2D eigenvalue weighted by Gasteiger charge is -1.98. The van der Waals surface area contributed by atoms with Gasteiger partial charge < -0.3 is 0 Å². The Morgan fingerprint density at radius 2 is 1.71 bits per heavy atom. The molecule has 0 radical (unpaired) electrons. The first-order valence-electron chi connectivity index (χ1n) is 6.50. The number of Topliss-reactive ketones (excluding diaryl/α,β-unsaturated/α-hetero) is 1. The molecule has 21 heavy (non-hydrogen) atoms. The molecule has 0 bridgehead atoms. The molecule has 0 spiro atoms. The van der Waals surface area contributed by atoms with Crippen molar-refractivity contribution >= 4 is 17.1 Å². The maximum absolute atomic E-state index is 12.9. The number of rotatable bonds is 4. The molecule has 2 heterocycles. The van der Waals surface area contributed by atoms with Gasteiger partial charge in [-0.15, -0.1) is 11.3 Å². The highest BCUT2D eigenvalue weighted by atomic mass is 32.1. The van der Waals surface area contributed by atoms with E-state index in [1.807, 2.05) is 24.3 Å². The van der Waals surface area contributed by atoms with Gasteiger partial charge in [-0.25, -0.2) is 4.39 Å². The Morgan fingerprint density at radius 1 is 1.00 bits per heavy atom. The van der Waals surface area contributed by atoms with E-state index in [0.717, 1.165) is 16.0 Å². The van der Waals surface area contributed by atoms with E-state index < -0.39 is 0 Å². The molecule has 1 aromatic carbocycles. The number of ketones is 1. The van der Waals surface area contributed by atoms with Crippen LogP contribution in [0.25, 0.3) is 10.4 Å². The third kappa shape index (κ3) is 3.23. The summed E-state index contributed by atoms with van der Waals surface area (Å²) in [6, 6.07) is 13.7. The number of thiophene rings is 1. The zero-order chi connectivity index (χ0) is 14.7. The maximum atomic E-state index is 12.9. The number of hydrogen-bond donors (Lipinski definition) is 0. The van der Waals surface area contributed by atoms with Gasteiger partial charge in [-0.2, -0.15) is 0 Å². The summed E-state index contributed by atoms with van der Waals surface area (Å²) in [5.74, 6) is -0.177. The number of halogens is 1. The van der Waals surface area contributed by atoms with Crippen LogP contribution in [0.5, 0.6) is 0 Å². The minimum Gasteiger partial charge on any atom is -0.293 e. The zero-order valence-corrected chi connectivity index (χ0v) is 11.9. The number of aromatic nitrogens is 1. The molecule has 0 fully saturated rings. The number of pyridine rings is 1. The summed E-state index contributed by atoms with van der Waals surface area (Å²) in [6.07, 6.45) is 3.73. The van der Waals surface area contributed by atoms with Crippen molar-refractivity contribution in [2.24, 2.45) is 0 Å². The number of carbonyl (C=O) groups is 1. The van der Waals surface area contributed by atoms with Crippen LogP contribution in [0, 0.1) is 5.82 Å². The summed E-state index contributed by atoms with van der Waals surface area (Å²) in [5, 5.41) is 0. The summed E-state index contributed by atoms with van der Waals surface area (Å²) in [4.78, 5) is 17.9. The van der Waals surface area contributed by atoms with Crippen molar-refractivity contribution in [2.45, 2.75) is 6.42 Å². The molecule has 2 aromatic heterocycles. The fraction of sp³-hybridized carbons (Fsp3) is 0.0588. The molecule has 4 heteroatoms. The molecule has 0 amide bonds. The summed E-state index contributed by atoms with van der Waals surface area (Å²) in [6.45, 7) is 0. The van der Waals surface area contributed by atoms with Gasteiger partial charge in [-0.1, -0.05) is 12.1 Å². The number of nitrogens with zero attached hydrogens (tertiary/aromatic N) is 1. The number of benzene rings is 1. The molecule has 2 nitrogen and oxygen atoms in total. The third-order valence-electron chi connectivity index (χ3n) is 3.12. The monoisotopic (exact) mass is 297 g/mol. The topological polar surface area (TPSA) is 30.0 Å². The first-order chi connectivity index (χ1) is 10.2. The largest absolute Gasteiger partial charge is 0.293 e. The molecule has 3 aromatic rings.